The van der Waals surface area contributed by atoms with E-state index < -0.39 is 0 Å². The molecule has 0 spiro atoms. The number of hydrogen-bond donors (Lipinski definition) is 0. The summed E-state index contributed by atoms with van der Waals surface area (Å²) in [6, 6.07) is 30.0. The summed E-state index contributed by atoms with van der Waals surface area (Å²) < 4.78 is 13.6. The largest absolute Gasteiger partial charge is 0.305 e. The predicted octanol–water partition coefficient (Wildman–Crippen LogP) is 6.96. The molecule has 180 valence electrons. The average molecular weight is 479 g/mol. The van der Waals surface area contributed by atoms with Crippen LogP contribution in [0, 0.1) is 12.7 Å². The highest BCUT2D eigenvalue weighted by molar-refractivity contribution is 6.09. The summed E-state index contributed by atoms with van der Waals surface area (Å²) in [6.07, 6.45) is 0.552. The van der Waals surface area contributed by atoms with Gasteiger partial charge in [0.1, 0.15) is 5.82 Å². The van der Waals surface area contributed by atoms with Crippen molar-refractivity contribution in [3.63, 3.8) is 0 Å². The summed E-state index contributed by atoms with van der Waals surface area (Å²) >= 11 is 0. The van der Waals surface area contributed by atoms with Crippen LogP contribution in [-0.2, 0) is 0 Å². The number of nitrogens with zero attached hydrogens (tertiary/aromatic N) is 2. The van der Waals surface area contributed by atoms with Crippen LogP contribution in [0.1, 0.15) is 51.2 Å². The number of fused-ring (bicyclic) bond motifs is 1. The van der Waals surface area contributed by atoms with Crippen LogP contribution in [0.5, 0.6) is 0 Å². The van der Waals surface area contributed by atoms with E-state index in [4.69, 9.17) is 0 Å². The predicted molar refractivity (Wildman–Crippen MR) is 141 cm³/mol. The topological polar surface area (TPSA) is 40.6 Å². The molecule has 0 aromatic heterocycles. The van der Waals surface area contributed by atoms with Gasteiger partial charge in [-0.1, -0.05) is 54.1 Å². The van der Waals surface area contributed by atoms with Crippen molar-refractivity contribution < 1.29 is 14.0 Å². The van der Waals surface area contributed by atoms with Gasteiger partial charge in [-0.25, -0.2) is 4.39 Å². The van der Waals surface area contributed by atoms with E-state index in [2.05, 4.69) is 0 Å². The zero-order valence-electron chi connectivity index (χ0n) is 20.3. The first-order valence-electron chi connectivity index (χ1n) is 12.1. The molecule has 0 saturated carbocycles. The number of hydrogen-bond acceptors (Lipinski definition) is 2. The monoisotopic (exact) mass is 478 g/mol. The molecule has 0 saturated heterocycles. The molecule has 5 rings (SSSR count). The molecule has 2 unspecified atom stereocenters. The second kappa shape index (κ2) is 9.78. The van der Waals surface area contributed by atoms with Gasteiger partial charge in [0.05, 0.1) is 6.04 Å². The maximum Gasteiger partial charge on any atom is 0.258 e. The third kappa shape index (κ3) is 4.40. The molecule has 2 atom stereocenters. The van der Waals surface area contributed by atoms with Gasteiger partial charge in [-0.15, -0.1) is 0 Å². The third-order valence-electron chi connectivity index (χ3n) is 6.73. The first-order chi connectivity index (χ1) is 17.4. The second-order valence-corrected chi connectivity index (χ2v) is 9.22. The van der Waals surface area contributed by atoms with Crippen molar-refractivity contribution >= 4 is 23.2 Å². The van der Waals surface area contributed by atoms with Gasteiger partial charge >= 0.3 is 0 Å². The Kier molecular flexibility index (Phi) is 6.38. The van der Waals surface area contributed by atoms with E-state index in [1.54, 1.807) is 4.90 Å². The Labute approximate surface area is 210 Å². The molecule has 1 aliphatic heterocycles. The smallest absolute Gasteiger partial charge is 0.258 e. The Bertz CT molecular complexity index is 1380. The molecule has 2 amide bonds. The second-order valence-electron chi connectivity index (χ2n) is 9.22. The molecule has 4 nitrogen and oxygen atoms in total. The summed E-state index contributed by atoms with van der Waals surface area (Å²) in [7, 11) is 0. The van der Waals surface area contributed by atoms with E-state index >= 15 is 0 Å². The van der Waals surface area contributed by atoms with Crippen molar-refractivity contribution in [1.29, 1.82) is 0 Å². The minimum atomic E-state index is -0.389. The van der Waals surface area contributed by atoms with E-state index in [-0.39, 0.29) is 29.7 Å². The lowest BCUT2D eigenvalue weighted by molar-refractivity contribution is 0.0965. The summed E-state index contributed by atoms with van der Waals surface area (Å²) in [5.41, 5.74) is 4.57. The molecule has 36 heavy (non-hydrogen) atoms. The number of aryl methyl sites for hydroxylation is 1. The Hall–Kier alpha value is -4.25. The van der Waals surface area contributed by atoms with E-state index in [1.165, 1.54) is 24.3 Å². The Morgan fingerprint density at radius 1 is 0.806 bits per heavy atom. The molecule has 1 heterocycles. The van der Waals surface area contributed by atoms with Crippen molar-refractivity contribution in [1.82, 2.24) is 0 Å². The van der Waals surface area contributed by atoms with Crippen LogP contribution in [0.2, 0.25) is 0 Å². The van der Waals surface area contributed by atoms with Crippen molar-refractivity contribution in [2.75, 3.05) is 9.80 Å². The number of para-hydroxylation sites is 2. The van der Waals surface area contributed by atoms with Crippen LogP contribution in [0.4, 0.5) is 15.8 Å². The fraction of sp³-hybridized carbons (Fsp3) is 0.161. The van der Waals surface area contributed by atoms with Crippen LogP contribution in [-0.4, -0.2) is 17.9 Å². The Balaban J connectivity index is 1.60. The number of carbonyl (C=O) groups is 2. The fourth-order valence-electron chi connectivity index (χ4n) is 4.93. The highest BCUT2D eigenvalue weighted by atomic mass is 19.1. The van der Waals surface area contributed by atoms with Gasteiger partial charge in [0.2, 0.25) is 0 Å². The molecule has 1 aliphatic rings. The van der Waals surface area contributed by atoms with Gasteiger partial charge in [0.25, 0.3) is 11.8 Å². The lowest BCUT2D eigenvalue weighted by Gasteiger charge is -2.43. The molecular weight excluding hydrogens is 451 g/mol. The highest BCUT2D eigenvalue weighted by Gasteiger charge is 2.39. The van der Waals surface area contributed by atoms with Crippen molar-refractivity contribution in [2.24, 2.45) is 0 Å². The number of benzene rings is 4. The van der Waals surface area contributed by atoms with Crippen molar-refractivity contribution in [3.05, 3.63) is 131 Å². The van der Waals surface area contributed by atoms with E-state index in [9.17, 15) is 14.0 Å². The quantitative estimate of drug-likeness (QED) is 0.318. The first kappa shape index (κ1) is 23.5. The SMILES string of the molecule is Cc1ccc(C(=O)N2c3ccccc3C(N(C(=O)c3ccc(F)cc3)c3ccccc3)CC2C)cc1. The number of carbonyl (C=O) groups excluding carboxylic acids is 2. The molecule has 0 fully saturated rings. The zero-order chi connectivity index (χ0) is 25.2. The molecule has 4 aromatic carbocycles. The minimum absolute atomic E-state index is 0.0653. The normalized spacial score (nSPS) is 16.8. The average Bonchev–Trinajstić information content (AvgIpc) is 2.90. The summed E-state index contributed by atoms with van der Waals surface area (Å²) in [6.45, 7) is 4.01. The van der Waals surface area contributed by atoms with Crippen LogP contribution in [0.15, 0.2) is 103 Å². The van der Waals surface area contributed by atoms with E-state index in [1.807, 2.05) is 97.6 Å². The standard InChI is InChI=1S/C31H27FN2O2/c1-21-12-14-23(15-13-21)30(35)33-22(2)20-29(27-10-6-7-11-28(27)33)34(26-8-4-3-5-9-26)31(36)24-16-18-25(32)19-17-24/h3-19,22,29H,20H2,1-2H3. The maximum absolute atomic E-state index is 13.9. The highest BCUT2D eigenvalue weighted by Crippen LogP contribution is 2.43. The number of rotatable bonds is 4. The summed E-state index contributed by atoms with van der Waals surface area (Å²) in [5, 5.41) is 0. The molecular formula is C31H27FN2O2. The molecule has 0 radical (unpaired) electrons. The van der Waals surface area contributed by atoms with Gasteiger partial charge in [-0.3, -0.25) is 9.59 Å². The molecule has 4 aromatic rings. The number of amides is 2. The van der Waals surface area contributed by atoms with Gasteiger partial charge in [0.15, 0.2) is 0 Å². The lowest BCUT2D eigenvalue weighted by Crippen LogP contribution is -2.47. The van der Waals surface area contributed by atoms with E-state index in [0.29, 0.717) is 17.5 Å². The molecule has 0 aliphatic carbocycles. The van der Waals surface area contributed by atoms with Crippen LogP contribution in [0.25, 0.3) is 0 Å². The summed E-state index contributed by atoms with van der Waals surface area (Å²) in [4.78, 5) is 31.1. The van der Waals surface area contributed by atoms with Gasteiger partial charge in [-0.05, 0) is 80.4 Å². The molecule has 5 heteroatoms. The molecule has 0 bridgehead atoms. The number of anilines is 2. The Morgan fingerprint density at radius 2 is 1.42 bits per heavy atom. The van der Waals surface area contributed by atoms with Gasteiger partial charge in [-0.2, -0.15) is 0 Å². The van der Waals surface area contributed by atoms with E-state index in [0.717, 1.165) is 22.5 Å². The Morgan fingerprint density at radius 3 is 2.11 bits per heavy atom. The lowest BCUT2D eigenvalue weighted by atomic mass is 9.89. The van der Waals surface area contributed by atoms with Crippen molar-refractivity contribution in [2.45, 2.75) is 32.4 Å². The zero-order valence-corrected chi connectivity index (χ0v) is 20.3. The maximum atomic E-state index is 13.9. The van der Waals surface area contributed by atoms with Crippen LogP contribution >= 0.6 is 0 Å². The number of halogens is 1. The van der Waals surface area contributed by atoms with Gasteiger partial charge < -0.3 is 9.80 Å². The summed E-state index contributed by atoms with van der Waals surface area (Å²) in [5.74, 6) is -0.671. The van der Waals surface area contributed by atoms with Crippen LogP contribution < -0.4 is 9.80 Å². The van der Waals surface area contributed by atoms with Crippen LogP contribution in [0.3, 0.4) is 0 Å². The molecule has 0 N–H and O–H groups in total. The minimum Gasteiger partial charge on any atom is -0.305 e. The fourth-order valence-corrected chi connectivity index (χ4v) is 4.93. The third-order valence-corrected chi connectivity index (χ3v) is 6.73. The van der Waals surface area contributed by atoms with Gasteiger partial charge in [0, 0.05) is 28.5 Å². The first-order valence-corrected chi connectivity index (χ1v) is 12.1. The van der Waals surface area contributed by atoms with Crippen molar-refractivity contribution in [3.8, 4) is 0 Å².